The summed E-state index contributed by atoms with van der Waals surface area (Å²) in [6.45, 7) is 3.12. The molecule has 3 nitrogen and oxygen atoms in total. The molecule has 2 aromatic rings. The average Bonchev–Trinajstić information content (AvgIpc) is 3.63. The molecular formula is C33H52N2OS. The van der Waals surface area contributed by atoms with E-state index in [1.54, 1.807) is 11.3 Å². The molecule has 0 saturated heterocycles. The summed E-state index contributed by atoms with van der Waals surface area (Å²) in [4.78, 5) is 0. The van der Waals surface area contributed by atoms with Gasteiger partial charge in [-0.1, -0.05) is 115 Å². The standard InChI is InChI=1S/C33H52N2OS/c1-2-3-11-14-28-18-20-29(21-19-28)32-34-35-33(37-32)30-22-24-31(25-23-30)36-26-13-10-8-6-4-5-7-9-12-15-27-16-17-27/h22-25,27-29H,2-21,26H2,1H3/t28-,29-. The summed E-state index contributed by atoms with van der Waals surface area (Å²) < 4.78 is 6.01. The number of unbranched alkanes of at least 4 members (excludes halogenated alkanes) is 10. The first-order valence-electron chi connectivity index (χ1n) is 15.9. The quantitative estimate of drug-likeness (QED) is 0.171. The largest absolute Gasteiger partial charge is 0.494 e. The van der Waals surface area contributed by atoms with Crippen molar-refractivity contribution in [1.29, 1.82) is 0 Å². The van der Waals surface area contributed by atoms with Gasteiger partial charge in [0.2, 0.25) is 0 Å². The Hall–Kier alpha value is -1.42. The lowest BCUT2D eigenvalue weighted by Crippen LogP contribution is -2.13. The van der Waals surface area contributed by atoms with E-state index < -0.39 is 0 Å². The zero-order chi connectivity index (χ0) is 25.5. The second-order valence-corrected chi connectivity index (χ2v) is 13.0. The number of nitrogens with zero attached hydrogens (tertiary/aromatic N) is 2. The fraction of sp³-hybridized carbons (Fsp3) is 0.758. The van der Waals surface area contributed by atoms with Crippen molar-refractivity contribution >= 4 is 11.3 Å². The lowest BCUT2D eigenvalue weighted by atomic mass is 9.80. The fourth-order valence-corrected chi connectivity index (χ4v) is 6.98. The van der Waals surface area contributed by atoms with Crippen LogP contribution >= 0.6 is 11.3 Å². The van der Waals surface area contributed by atoms with Crippen molar-refractivity contribution in [2.75, 3.05) is 6.61 Å². The Morgan fingerprint density at radius 1 is 0.676 bits per heavy atom. The molecule has 2 saturated carbocycles. The Morgan fingerprint density at radius 2 is 1.24 bits per heavy atom. The molecule has 0 unspecified atom stereocenters. The number of hydrogen-bond acceptors (Lipinski definition) is 4. The van der Waals surface area contributed by atoms with Crippen LogP contribution in [0, 0.1) is 11.8 Å². The summed E-state index contributed by atoms with van der Waals surface area (Å²) >= 11 is 1.80. The number of ether oxygens (including phenoxy) is 1. The molecule has 1 aromatic carbocycles. The minimum atomic E-state index is 0.619. The van der Waals surface area contributed by atoms with E-state index in [-0.39, 0.29) is 0 Å². The van der Waals surface area contributed by atoms with Gasteiger partial charge in [0.15, 0.2) is 0 Å². The maximum absolute atomic E-state index is 6.01. The predicted molar refractivity (Wildman–Crippen MR) is 159 cm³/mol. The van der Waals surface area contributed by atoms with Crippen LogP contribution in [0.5, 0.6) is 5.75 Å². The molecule has 0 atom stereocenters. The summed E-state index contributed by atoms with van der Waals surface area (Å²) in [6.07, 6.45) is 27.8. The molecule has 1 heterocycles. The predicted octanol–water partition coefficient (Wildman–Crippen LogP) is 10.7. The van der Waals surface area contributed by atoms with Gasteiger partial charge >= 0.3 is 0 Å². The molecule has 0 aliphatic heterocycles. The normalized spacial score (nSPS) is 19.8. The number of aromatic nitrogens is 2. The second kappa shape index (κ2) is 16.5. The summed E-state index contributed by atoms with van der Waals surface area (Å²) in [6, 6.07) is 8.49. The van der Waals surface area contributed by atoms with Crippen LogP contribution in [0.2, 0.25) is 0 Å². The molecule has 206 valence electrons. The molecule has 2 fully saturated rings. The Kier molecular flexibility index (Phi) is 12.8. The highest BCUT2D eigenvalue weighted by atomic mass is 32.1. The van der Waals surface area contributed by atoms with E-state index >= 15 is 0 Å². The maximum atomic E-state index is 6.01. The Bertz CT molecular complexity index is 851. The highest BCUT2D eigenvalue weighted by Crippen LogP contribution is 2.40. The second-order valence-electron chi connectivity index (χ2n) is 11.9. The third-order valence-corrected chi connectivity index (χ3v) is 9.81. The van der Waals surface area contributed by atoms with E-state index in [0.29, 0.717) is 5.92 Å². The summed E-state index contributed by atoms with van der Waals surface area (Å²) in [7, 11) is 0. The monoisotopic (exact) mass is 524 g/mol. The molecule has 2 aliphatic carbocycles. The highest BCUT2D eigenvalue weighted by molar-refractivity contribution is 7.14. The molecule has 0 radical (unpaired) electrons. The van der Waals surface area contributed by atoms with Gasteiger partial charge in [-0.05, 0) is 68.2 Å². The number of hydrogen-bond donors (Lipinski definition) is 0. The van der Waals surface area contributed by atoms with Crippen molar-refractivity contribution < 1.29 is 4.74 Å². The van der Waals surface area contributed by atoms with Crippen LogP contribution in [0.3, 0.4) is 0 Å². The molecule has 4 heteroatoms. The minimum Gasteiger partial charge on any atom is -0.494 e. The van der Waals surface area contributed by atoms with Crippen molar-refractivity contribution in [3.05, 3.63) is 29.3 Å². The average molecular weight is 525 g/mol. The van der Waals surface area contributed by atoms with Gasteiger partial charge in [0.1, 0.15) is 15.8 Å². The van der Waals surface area contributed by atoms with Gasteiger partial charge in [-0.25, -0.2) is 0 Å². The van der Waals surface area contributed by atoms with Crippen molar-refractivity contribution in [3.63, 3.8) is 0 Å². The number of rotatable bonds is 19. The lowest BCUT2D eigenvalue weighted by molar-refractivity contribution is 0.302. The topological polar surface area (TPSA) is 35.0 Å². The van der Waals surface area contributed by atoms with Gasteiger partial charge < -0.3 is 4.74 Å². The van der Waals surface area contributed by atoms with E-state index in [4.69, 9.17) is 4.74 Å². The van der Waals surface area contributed by atoms with E-state index in [9.17, 15) is 0 Å². The molecule has 37 heavy (non-hydrogen) atoms. The van der Waals surface area contributed by atoms with Crippen LogP contribution in [0.1, 0.15) is 146 Å². The van der Waals surface area contributed by atoms with Crippen LogP contribution in [0.15, 0.2) is 24.3 Å². The van der Waals surface area contributed by atoms with E-state index in [1.165, 1.54) is 127 Å². The van der Waals surface area contributed by atoms with Crippen molar-refractivity contribution in [3.8, 4) is 16.3 Å². The first-order valence-corrected chi connectivity index (χ1v) is 16.7. The summed E-state index contributed by atoms with van der Waals surface area (Å²) in [5.41, 5.74) is 1.16. The first-order chi connectivity index (χ1) is 18.3. The zero-order valence-corrected chi connectivity index (χ0v) is 24.4. The molecule has 1 aromatic heterocycles. The summed E-state index contributed by atoms with van der Waals surface area (Å²) in [5, 5.41) is 11.4. The third kappa shape index (κ3) is 10.7. The molecule has 2 aliphatic rings. The third-order valence-electron chi connectivity index (χ3n) is 8.68. The van der Waals surface area contributed by atoms with Gasteiger partial charge in [-0.3, -0.25) is 0 Å². The number of benzene rings is 1. The fourth-order valence-electron chi connectivity index (χ4n) is 5.96. The van der Waals surface area contributed by atoms with Gasteiger partial charge in [-0.15, -0.1) is 10.2 Å². The van der Waals surface area contributed by atoms with Gasteiger partial charge in [0, 0.05) is 11.5 Å². The molecule has 0 amide bonds. The lowest BCUT2D eigenvalue weighted by Gasteiger charge is -2.27. The smallest absolute Gasteiger partial charge is 0.147 e. The van der Waals surface area contributed by atoms with E-state index in [0.717, 1.165) is 41.2 Å². The van der Waals surface area contributed by atoms with E-state index in [2.05, 4.69) is 41.4 Å². The Balaban J connectivity index is 1.05. The Labute approximate surface area is 231 Å². The van der Waals surface area contributed by atoms with Crippen LogP contribution in [0.4, 0.5) is 0 Å². The van der Waals surface area contributed by atoms with Crippen molar-refractivity contribution in [2.45, 2.75) is 141 Å². The van der Waals surface area contributed by atoms with Gasteiger partial charge in [-0.2, -0.15) is 0 Å². The van der Waals surface area contributed by atoms with Crippen LogP contribution < -0.4 is 4.74 Å². The summed E-state index contributed by atoms with van der Waals surface area (Å²) in [5.74, 6) is 3.65. The minimum absolute atomic E-state index is 0.619. The van der Waals surface area contributed by atoms with Gasteiger partial charge in [0.25, 0.3) is 0 Å². The van der Waals surface area contributed by atoms with Crippen molar-refractivity contribution in [1.82, 2.24) is 10.2 Å². The zero-order valence-electron chi connectivity index (χ0n) is 23.6. The van der Waals surface area contributed by atoms with E-state index in [1.807, 2.05) is 0 Å². The molecule has 0 bridgehead atoms. The molecular weight excluding hydrogens is 472 g/mol. The van der Waals surface area contributed by atoms with Crippen LogP contribution in [-0.4, -0.2) is 16.8 Å². The first kappa shape index (κ1) is 28.6. The van der Waals surface area contributed by atoms with Crippen LogP contribution in [-0.2, 0) is 0 Å². The van der Waals surface area contributed by atoms with Gasteiger partial charge in [0.05, 0.1) is 6.61 Å². The van der Waals surface area contributed by atoms with Crippen molar-refractivity contribution in [2.24, 2.45) is 11.8 Å². The maximum Gasteiger partial charge on any atom is 0.147 e. The van der Waals surface area contributed by atoms with Crippen LogP contribution in [0.25, 0.3) is 10.6 Å². The molecule has 0 spiro atoms. The molecule has 0 N–H and O–H groups in total. The Morgan fingerprint density at radius 3 is 1.86 bits per heavy atom. The highest BCUT2D eigenvalue weighted by Gasteiger charge is 2.25. The molecule has 4 rings (SSSR count). The SMILES string of the molecule is CCCCC[C@H]1CC[C@H](c2nnc(-c3ccc(OCCCCCCCCCCCC4CC4)cc3)s2)CC1.